The SMILES string of the molecule is CN(C(=O)CCc1cccc(F)c1Cl)[C@@H](CCCNC(=O)NCCOP(=O)(O)O)COC(=O)Nc1cc(-c2ccccc2)no1. The Morgan fingerprint density at radius 2 is 1.84 bits per heavy atom. The number of nitrogens with zero attached hydrogens (tertiary/aromatic N) is 2. The van der Waals surface area contributed by atoms with Crippen molar-refractivity contribution in [2.45, 2.75) is 31.7 Å². The predicted molar refractivity (Wildman–Crippen MR) is 162 cm³/mol. The number of aromatic nitrogens is 1. The number of likely N-dealkylation sites (N-methyl/N-ethyl adjacent to an activating group) is 1. The van der Waals surface area contributed by atoms with E-state index < -0.39 is 31.8 Å². The number of hydrogen-bond acceptors (Lipinski definition) is 8. The largest absolute Gasteiger partial charge is 0.469 e. The number of ether oxygens (including phenoxy) is 1. The lowest BCUT2D eigenvalue weighted by Gasteiger charge is -2.28. The van der Waals surface area contributed by atoms with E-state index in [0.717, 1.165) is 5.56 Å². The molecule has 0 unspecified atom stereocenters. The van der Waals surface area contributed by atoms with Crippen LogP contribution in [-0.4, -0.2) is 77.3 Å². The number of urea groups is 1. The average Bonchev–Trinajstić information content (AvgIpc) is 3.47. The molecule has 0 aliphatic rings. The molecule has 0 spiro atoms. The summed E-state index contributed by atoms with van der Waals surface area (Å²) >= 11 is 6.02. The van der Waals surface area contributed by atoms with E-state index in [1.54, 1.807) is 13.1 Å². The minimum atomic E-state index is -4.63. The maximum atomic E-state index is 13.8. The molecular weight excluding hydrogens is 636 g/mol. The highest BCUT2D eigenvalue weighted by Gasteiger charge is 2.23. The third kappa shape index (κ3) is 12.5. The Kier molecular flexibility index (Phi) is 13.8. The molecule has 5 N–H and O–H groups in total. The zero-order valence-electron chi connectivity index (χ0n) is 24.3. The van der Waals surface area contributed by atoms with Crippen LogP contribution in [0, 0.1) is 5.82 Å². The normalized spacial score (nSPS) is 11.8. The Hall–Kier alpha value is -4.01. The predicted octanol–water partition coefficient (Wildman–Crippen LogP) is 4.33. The fourth-order valence-electron chi connectivity index (χ4n) is 4.07. The summed E-state index contributed by atoms with van der Waals surface area (Å²) in [6.45, 7) is -0.531. The molecule has 0 saturated heterocycles. The number of carbonyl (C=O) groups is 3. The van der Waals surface area contributed by atoms with E-state index in [2.05, 4.69) is 25.6 Å². The Morgan fingerprint density at radius 1 is 1.11 bits per heavy atom. The lowest BCUT2D eigenvalue weighted by atomic mass is 10.1. The van der Waals surface area contributed by atoms with Gasteiger partial charge in [0.2, 0.25) is 11.8 Å². The van der Waals surface area contributed by atoms with Crippen molar-refractivity contribution in [1.82, 2.24) is 20.7 Å². The van der Waals surface area contributed by atoms with Crippen molar-refractivity contribution in [3.63, 3.8) is 0 Å². The molecule has 3 aromatic rings. The molecule has 4 amide bonds. The molecule has 3 rings (SSSR count). The number of halogens is 2. The van der Waals surface area contributed by atoms with Crippen molar-refractivity contribution in [2.24, 2.45) is 0 Å². The van der Waals surface area contributed by atoms with Crippen LogP contribution in [-0.2, 0) is 25.0 Å². The van der Waals surface area contributed by atoms with Crippen LogP contribution in [0.15, 0.2) is 59.1 Å². The van der Waals surface area contributed by atoms with Gasteiger partial charge in [0.05, 0.1) is 17.7 Å². The zero-order chi connectivity index (χ0) is 32.8. The van der Waals surface area contributed by atoms with Crippen LogP contribution < -0.4 is 16.0 Å². The third-order valence-corrected chi connectivity index (χ3v) is 7.38. The highest BCUT2D eigenvalue weighted by Crippen LogP contribution is 2.35. The number of amides is 4. The summed E-state index contributed by atoms with van der Waals surface area (Å²) in [6.07, 6.45) is 0.0606. The second-order valence-corrected chi connectivity index (χ2v) is 11.3. The van der Waals surface area contributed by atoms with Crippen molar-refractivity contribution in [3.05, 3.63) is 71.0 Å². The average molecular weight is 670 g/mol. The van der Waals surface area contributed by atoms with Gasteiger partial charge >= 0.3 is 19.9 Å². The van der Waals surface area contributed by atoms with Crippen LogP contribution in [0.25, 0.3) is 11.3 Å². The van der Waals surface area contributed by atoms with Crippen molar-refractivity contribution in [2.75, 3.05) is 38.7 Å². The molecule has 14 nitrogen and oxygen atoms in total. The molecule has 0 aliphatic carbocycles. The van der Waals surface area contributed by atoms with E-state index >= 15 is 0 Å². The van der Waals surface area contributed by atoms with Crippen molar-refractivity contribution < 1.29 is 46.9 Å². The van der Waals surface area contributed by atoms with Gasteiger partial charge in [-0.2, -0.15) is 0 Å². The molecule has 45 heavy (non-hydrogen) atoms. The summed E-state index contributed by atoms with van der Waals surface area (Å²) < 4.78 is 39.3. The molecule has 0 fully saturated rings. The monoisotopic (exact) mass is 669 g/mol. The molecule has 244 valence electrons. The number of aryl methyl sites for hydroxylation is 1. The van der Waals surface area contributed by atoms with Crippen molar-refractivity contribution in [3.8, 4) is 11.3 Å². The molecule has 2 aromatic carbocycles. The van der Waals surface area contributed by atoms with Gasteiger partial charge in [0.1, 0.15) is 18.1 Å². The molecule has 1 aromatic heterocycles. The topological polar surface area (TPSA) is 193 Å². The van der Waals surface area contributed by atoms with Gasteiger partial charge in [0.25, 0.3) is 0 Å². The zero-order valence-corrected chi connectivity index (χ0v) is 25.9. The first kappa shape index (κ1) is 35.5. The van der Waals surface area contributed by atoms with Gasteiger partial charge in [-0.1, -0.05) is 59.2 Å². The first-order valence-corrected chi connectivity index (χ1v) is 15.7. The number of benzene rings is 2. The Morgan fingerprint density at radius 3 is 2.58 bits per heavy atom. The fraction of sp³-hybridized carbons (Fsp3) is 0.357. The number of hydrogen-bond donors (Lipinski definition) is 5. The van der Waals surface area contributed by atoms with Gasteiger partial charge in [-0.05, 0) is 30.9 Å². The molecule has 0 aliphatic heterocycles. The lowest BCUT2D eigenvalue weighted by Crippen LogP contribution is -2.42. The highest BCUT2D eigenvalue weighted by molar-refractivity contribution is 7.46. The van der Waals surface area contributed by atoms with Gasteiger partial charge in [0.15, 0.2) is 0 Å². The highest BCUT2D eigenvalue weighted by atomic mass is 35.5. The Balaban J connectivity index is 1.53. The minimum absolute atomic E-state index is 0.0139. The lowest BCUT2D eigenvalue weighted by molar-refractivity contribution is -0.132. The molecule has 1 atom stereocenters. The molecular formula is C28H34ClFN5O9P. The summed E-state index contributed by atoms with van der Waals surface area (Å²) in [5.41, 5.74) is 1.78. The van der Waals surface area contributed by atoms with E-state index in [1.807, 2.05) is 30.3 Å². The summed E-state index contributed by atoms with van der Waals surface area (Å²) in [5, 5.41) is 11.3. The first-order valence-electron chi connectivity index (χ1n) is 13.8. The molecule has 0 radical (unpaired) electrons. The maximum absolute atomic E-state index is 13.8. The Bertz CT molecular complexity index is 1470. The van der Waals surface area contributed by atoms with Crippen LogP contribution in [0.2, 0.25) is 5.02 Å². The first-order chi connectivity index (χ1) is 21.4. The van der Waals surface area contributed by atoms with E-state index in [0.29, 0.717) is 24.1 Å². The number of phosphoric ester groups is 1. The van der Waals surface area contributed by atoms with Gasteiger partial charge in [0, 0.05) is 38.2 Å². The minimum Gasteiger partial charge on any atom is -0.447 e. The molecule has 0 saturated carbocycles. The van der Waals surface area contributed by atoms with E-state index in [9.17, 15) is 23.3 Å². The maximum Gasteiger partial charge on any atom is 0.469 e. The number of nitrogens with one attached hydrogen (secondary N) is 3. The summed E-state index contributed by atoms with van der Waals surface area (Å²) in [4.78, 5) is 56.3. The fourth-order valence-corrected chi connectivity index (χ4v) is 4.62. The van der Waals surface area contributed by atoms with Crippen LogP contribution >= 0.6 is 19.4 Å². The van der Waals surface area contributed by atoms with Crippen molar-refractivity contribution >= 4 is 43.3 Å². The van der Waals surface area contributed by atoms with Gasteiger partial charge in [-0.3, -0.25) is 14.6 Å². The standard InChI is InChI=1S/C28H34ClFN5O9P/c1-35(25(36)13-12-20-9-5-11-22(30)26(20)29)21(10-6-14-31-27(37)32-15-16-43-45(39,40)41)18-42-28(38)33-24-17-23(34-44-24)19-7-3-2-4-8-19/h2-5,7-9,11,17,21H,6,10,12-16,18H2,1H3,(H,33,38)(H2,31,32,37)(H2,39,40,41)/t21-/m0/s1. The van der Waals surface area contributed by atoms with Crippen LogP contribution in [0.5, 0.6) is 0 Å². The third-order valence-electron chi connectivity index (χ3n) is 6.44. The van der Waals surface area contributed by atoms with Crippen LogP contribution in [0.1, 0.15) is 24.8 Å². The molecule has 0 bridgehead atoms. The van der Waals surface area contributed by atoms with Gasteiger partial charge < -0.3 is 34.6 Å². The van der Waals surface area contributed by atoms with Gasteiger partial charge in [-0.25, -0.2) is 18.5 Å². The second-order valence-electron chi connectivity index (χ2n) is 9.69. The number of anilines is 1. The van der Waals surface area contributed by atoms with E-state index in [-0.39, 0.29) is 56.0 Å². The van der Waals surface area contributed by atoms with Crippen LogP contribution in [0.4, 0.5) is 19.9 Å². The number of rotatable bonds is 16. The smallest absolute Gasteiger partial charge is 0.447 e. The second kappa shape index (κ2) is 17.5. The number of carbonyl (C=O) groups excluding carboxylic acids is 3. The van der Waals surface area contributed by atoms with Crippen LogP contribution in [0.3, 0.4) is 0 Å². The Labute approximate surface area is 263 Å². The van der Waals surface area contributed by atoms with E-state index in [4.69, 9.17) is 30.6 Å². The quantitative estimate of drug-likeness (QED) is 0.108. The van der Waals surface area contributed by atoms with Gasteiger partial charge in [-0.15, -0.1) is 0 Å². The van der Waals surface area contributed by atoms with Crippen molar-refractivity contribution in [1.29, 1.82) is 0 Å². The summed E-state index contributed by atoms with van der Waals surface area (Å²) in [7, 11) is -3.08. The van der Waals surface area contributed by atoms with E-state index in [1.165, 1.54) is 23.1 Å². The molecule has 1 heterocycles. The number of phosphoric acid groups is 1. The summed E-state index contributed by atoms with van der Waals surface area (Å²) in [6, 6.07) is 13.9. The summed E-state index contributed by atoms with van der Waals surface area (Å²) in [5.74, 6) is -0.822. The molecule has 17 heteroatoms.